The van der Waals surface area contributed by atoms with Crippen LogP contribution in [-0.2, 0) is 4.79 Å². The molecule has 0 aliphatic rings. The van der Waals surface area contributed by atoms with Gasteiger partial charge in [0.1, 0.15) is 0 Å². The first kappa shape index (κ1) is 41.8. The lowest BCUT2D eigenvalue weighted by atomic mass is 10.0. The third-order valence-corrected chi connectivity index (χ3v) is 7.67. The molecule has 0 aliphatic heterocycles. The van der Waals surface area contributed by atoms with Crippen LogP contribution in [0.25, 0.3) is 0 Å². The summed E-state index contributed by atoms with van der Waals surface area (Å²) in [6.07, 6.45) is 49.9. The topological polar surface area (TPSA) is 69.6 Å². The maximum Gasteiger partial charge on any atom is 0.220 e. The van der Waals surface area contributed by atoms with Crippen LogP contribution in [0.3, 0.4) is 0 Å². The molecule has 44 heavy (non-hydrogen) atoms. The monoisotopic (exact) mass is 612 g/mol. The third-order valence-electron chi connectivity index (χ3n) is 7.67. The Morgan fingerprint density at radius 1 is 0.568 bits per heavy atom. The first-order valence-electron chi connectivity index (χ1n) is 18.2. The molecule has 0 heterocycles. The highest BCUT2D eigenvalue weighted by Gasteiger charge is 2.17. The van der Waals surface area contributed by atoms with E-state index in [-0.39, 0.29) is 12.5 Å². The van der Waals surface area contributed by atoms with E-state index >= 15 is 0 Å². The van der Waals surface area contributed by atoms with Crippen LogP contribution in [0.1, 0.15) is 155 Å². The van der Waals surface area contributed by atoms with Crippen molar-refractivity contribution >= 4 is 5.91 Å². The summed E-state index contributed by atoms with van der Waals surface area (Å²) in [5.74, 6) is -0.0863. The number of allylic oxidation sites excluding steroid dienone is 11. The van der Waals surface area contributed by atoms with Crippen molar-refractivity contribution in [3.05, 3.63) is 72.9 Å². The first-order chi connectivity index (χ1) is 21.7. The van der Waals surface area contributed by atoms with Gasteiger partial charge in [0.25, 0.3) is 0 Å². The van der Waals surface area contributed by atoms with Gasteiger partial charge < -0.3 is 15.5 Å². The molecule has 252 valence electrons. The van der Waals surface area contributed by atoms with Gasteiger partial charge in [-0.15, -0.1) is 0 Å². The van der Waals surface area contributed by atoms with Crippen LogP contribution in [0.4, 0.5) is 0 Å². The fraction of sp³-hybridized carbons (Fsp3) is 0.675. The molecule has 2 unspecified atom stereocenters. The van der Waals surface area contributed by atoms with E-state index in [0.717, 1.165) is 57.8 Å². The van der Waals surface area contributed by atoms with Crippen molar-refractivity contribution in [2.75, 3.05) is 6.61 Å². The number of carbonyl (C=O) groups excluding carboxylic acids is 1. The van der Waals surface area contributed by atoms with Gasteiger partial charge in [-0.05, 0) is 70.6 Å². The zero-order chi connectivity index (χ0) is 32.2. The van der Waals surface area contributed by atoms with Crippen LogP contribution in [0, 0.1) is 0 Å². The summed E-state index contributed by atoms with van der Waals surface area (Å²) >= 11 is 0. The number of aliphatic hydroxyl groups is 2. The molecule has 0 aromatic rings. The molecule has 0 saturated heterocycles. The van der Waals surface area contributed by atoms with Gasteiger partial charge in [0.2, 0.25) is 5.91 Å². The minimum Gasteiger partial charge on any atom is -0.394 e. The summed E-state index contributed by atoms with van der Waals surface area (Å²) in [6, 6.07) is -0.641. The molecule has 2 atom stereocenters. The lowest BCUT2D eigenvalue weighted by Gasteiger charge is -2.19. The van der Waals surface area contributed by atoms with Crippen LogP contribution in [0.2, 0.25) is 0 Å². The molecule has 3 N–H and O–H groups in total. The standard InChI is InChI=1S/C40H69NO3/c1-3-5-7-9-11-13-14-15-16-17-18-19-20-21-22-23-24-25-26-28-30-32-34-36-40(44)41-38(37-42)39(43)35-33-31-29-27-12-10-8-6-4-2/h5,7,11-13,15-16,18-19,27,33,35,38-39,42-43H,3-4,6,8-10,14,17,20-26,28-32,34,36-37H2,1-2H3,(H,41,44)/b7-5-,13-11-,16-15-,19-18-,27-12+,35-33+. The van der Waals surface area contributed by atoms with Crippen LogP contribution in [0.5, 0.6) is 0 Å². The zero-order valence-electron chi connectivity index (χ0n) is 28.6. The Bertz CT molecular complexity index is 792. The van der Waals surface area contributed by atoms with Crippen molar-refractivity contribution < 1.29 is 15.0 Å². The van der Waals surface area contributed by atoms with E-state index in [4.69, 9.17) is 0 Å². The average Bonchev–Trinajstić information content (AvgIpc) is 3.03. The fourth-order valence-corrected chi connectivity index (χ4v) is 4.89. The number of unbranched alkanes of at least 4 members (excludes halogenated alkanes) is 14. The summed E-state index contributed by atoms with van der Waals surface area (Å²) in [4.78, 5) is 12.3. The highest BCUT2D eigenvalue weighted by molar-refractivity contribution is 5.76. The summed E-state index contributed by atoms with van der Waals surface area (Å²) in [7, 11) is 0. The molecule has 0 spiro atoms. The van der Waals surface area contributed by atoms with Gasteiger partial charge in [-0.3, -0.25) is 4.79 Å². The van der Waals surface area contributed by atoms with Crippen LogP contribution >= 0.6 is 0 Å². The van der Waals surface area contributed by atoms with E-state index in [0.29, 0.717) is 6.42 Å². The number of amides is 1. The van der Waals surface area contributed by atoms with E-state index < -0.39 is 12.1 Å². The van der Waals surface area contributed by atoms with Crippen molar-refractivity contribution in [1.82, 2.24) is 5.32 Å². The molecule has 0 aliphatic carbocycles. The number of aliphatic hydroxyl groups excluding tert-OH is 2. The number of nitrogens with one attached hydrogen (secondary N) is 1. The van der Waals surface area contributed by atoms with E-state index in [1.54, 1.807) is 6.08 Å². The van der Waals surface area contributed by atoms with Gasteiger partial charge in [0.05, 0.1) is 18.8 Å². The van der Waals surface area contributed by atoms with Crippen LogP contribution in [-0.4, -0.2) is 34.9 Å². The van der Waals surface area contributed by atoms with Gasteiger partial charge in [0, 0.05) is 6.42 Å². The second-order valence-corrected chi connectivity index (χ2v) is 11.9. The van der Waals surface area contributed by atoms with Crippen molar-refractivity contribution in [1.29, 1.82) is 0 Å². The van der Waals surface area contributed by atoms with Gasteiger partial charge in [-0.2, -0.15) is 0 Å². The molecule has 0 aromatic carbocycles. The molecule has 4 nitrogen and oxygen atoms in total. The second-order valence-electron chi connectivity index (χ2n) is 11.9. The Kier molecular flexibility index (Phi) is 33.6. The predicted molar refractivity (Wildman–Crippen MR) is 193 cm³/mol. The van der Waals surface area contributed by atoms with Crippen LogP contribution in [0.15, 0.2) is 72.9 Å². The zero-order valence-corrected chi connectivity index (χ0v) is 28.6. The molecule has 0 saturated carbocycles. The van der Waals surface area contributed by atoms with E-state index in [2.05, 4.69) is 79.9 Å². The SMILES string of the molecule is CC/C=C\C/C=C\C/C=C\C/C=C\CCCCCCCCCCCCC(=O)NC(CO)C(O)/C=C/CC/C=C/CCCCC. The highest BCUT2D eigenvalue weighted by atomic mass is 16.3. The highest BCUT2D eigenvalue weighted by Crippen LogP contribution is 2.12. The molecular formula is C40H69NO3. The molecule has 0 bridgehead atoms. The molecular weight excluding hydrogens is 542 g/mol. The lowest BCUT2D eigenvalue weighted by Crippen LogP contribution is -2.45. The Morgan fingerprint density at radius 2 is 1.02 bits per heavy atom. The van der Waals surface area contributed by atoms with E-state index in [1.807, 2.05) is 6.08 Å². The summed E-state index contributed by atoms with van der Waals surface area (Å²) in [5, 5.41) is 22.7. The molecule has 1 amide bonds. The van der Waals surface area contributed by atoms with Gasteiger partial charge >= 0.3 is 0 Å². The molecule has 0 radical (unpaired) electrons. The van der Waals surface area contributed by atoms with Gasteiger partial charge in [-0.1, -0.05) is 151 Å². The molecule has 0 aromatic heterocycles. The van der Waals surface area contributed by atoms with E-state index in [1.165, 1.54) is 77.0 Å². The maximum atomic E-state index is 12.3. The average molecular weight is 612 g/mol. The second kappa shape index (κ2) is 35.3. The Hall–Kier alpha value is -2.17. The number of hydrogen-bond acceptors (Lipinski definition) is 3. The number of carbonyl (C=O) groups is 1. The lowest BCUT2D eigenvalue weighted by molar-refractivity contribution is -0.123. The Morgan fingerprint density at radius 3 is 1.59 bits per heavy atom. The molecule has 0 fully saturated rings. The van der Waals surface area contributed by atoms with Crippen molar-refractivity contribution in [2.24, 2.45) is 0 Å². The minimum atomic E-state index is -0.864. The molecule has 0 rings (SSSR count). The quantitative estimate of drug-likeness (QED) is 0.0539. The van der Waals surface area contributed by atoms with Gasteiger partial charge in [0.15, 0.2) is 0 Å². The van der Waals surface area contributed by atoms with E-state index in [9.17, 15) is 15.0 Å². The third kappa shape index (κ3) is 31.3. The largest absolute Gasteiger partial charge is 0.394 e. The summed E-state index contributed by atoms with van der Waals surface area (Å²) in [6.45, 7) is 4.11. The van der Waals surface area contributed by atoms with Crippen molar-refractivity contribution in [3.8, 4) is 0 Å². The maximum absolute atomic E-state index is 12.3. The summed E-state index contributed by atoms with van der Waals surface area (Å²) < 4.78 is 0. The van der Waals surface area contributed by atoms with Crippen molar-refractivity contribution in [3.63, 3.8) is 0 Å². The smallest absolute Gasteiger partial charge is 0.220 e. The van der Waals surface area contributed by atoms with Crippen LogP contribution < -0.4 is 5.32 Å². The van der Waals surface area contributed by atoms with Gasteiger partial charge in [-0.25, -0.2) is 0 Å². The van der Waals surface area contributed by atoms with Crippen molar-refractivity contribution in [2.45, 2.75) is 167 Å². The number of hydrogen-bond donors (Lipinski definition) is 3. The first-order valence-corrected chi connectivity index (χ1v) is 18.2. The summed E-state index contributed by atoms with van der Waals surface area (Å²) in [5.41, 5.74) is 0. The predicted octanol–water partition coefficient (Wildman–Crippen LogP) is 10.8. The Labute approximate surface area is 272 Å². The normalized spacial score (nSPS) is 14.0. The molecule has 4 heteroatoms. The Balaban J connectivity index is 3.62. The minimum absolute atomic E-state index is 0.0863. The number of rotatable bonds is 31. The fourth-order valence-electron chi connectivity index (χ4n) is 4.89.